The average Bonchev–Trinajstić information content (AvgIpc) is 2.50. The topological polar surface area (TPSA) is 95.1 Å². The van der Waals surface area contributed by atoms with Gasteiger partial charge >= 0.3 is 5.97 Å². The highest BCUT2D eigenvalue weighted by molar-refractivity contribution is 6.32. The van der Waals surface area contributed by atoms with Crippen LogP contribution in [0.2, 0.25) is 5.15 Å². The van der Waals surface area contributed by atoms with E-state index in [-0.39, 0.29) is 23.7 Å². The molecule has 0 unspecified atom stereocenters. The van der Waals surface area contributed by atoms with Crippen LogP contribution in [-0.4, -0.2) is 33.7 Å². The van der Waals surface area contributed by atoms with Gasteiger partial charge in [-0.1, -0.05) is 11.6 Å². The fourth-order valence-electron chi connectivity index (χ4n) is 0.807. The van der Waals surface area contributed by atoms with E-state index in [1.165, 1.54) is 6.20 Å². The van der Waals surface area contributed by atoms with Crippen LogP contribution < -0.4 is 5.32 Å². The Morgan fingerprint density at radius 3 is 2.86 bits per heavy atom. The summed E-state index contributed by atoms with van der Waals surface area (Å²) in [6.07, 6.45) is 1.15. The number of aromatic amines is 1. The molecule has 1 heterocycles. The van der Waals surface area contributed by atoms with Crippen molar-refractivity contribution in [3.8, 4) is 0 Å². The Morgan fingerprint density at radius 1 is 1.64 bits per heavy atom. The zero-order valence-electron chi connectivity index (χ0n) is 7.08. The number of nitrogens with one attached hydrogen (secondary N) is 2. The standard InChI is InChI=1S/C7H8ClN3O3/c8-6-4(3-10-11-6)7(14)9-2-1-5(12)13/h3H,1-2H2,(H,9,14)(H,10,11)(H,12,13). The molecule has 14 heavy (non-hydrogen) atoms. The highest BCUT2D eigenvalue weighted by Gasteiger charge is 2.11. The van der Waals surface area contributed by atoms with Gasteiger partial charge in [-0.2, -0.15) is 5.10 Å². The summed E-state index contributed by atoms with van der Waals surface area (Å²) in [6.45, 7) is 0.0652. The van der Waals surface area contributed by atoms with Crippen molar-refractivity contribution in [2.75, 3.05) is 6.54 Å². The Hall–Kier alpha value is -1.56. The van der Waals surface area contributed by atoms with Crippen LogP contribution in [0.4, 0.5) is 0 Å². The average molecular weight is 218 g/mol. The van der Waals surface area contributed by atoms with E-state index in [9.17, 15) is 9.59 Å². The molecule has 0 saturated carbocycles. The van der Waals surface area contributed by atoms with Crippen molar-refractivity contribution in [1.29, 1.82) is 0 Å². The normalized spacial score (nSPS) is 9.79. The molecule has 0 saturated heterocycles. The third kappa shape index (κ3) is 2.74. The van der Waals surface area contributed by atoms with E-state index in [4.69, 9.17) is 16.7 Å². The molecule has 0 aliphatic rings. The summed E-state index contributed by atoms with van der Waals surface area (Å²) in [5, 5.41) is 16.8. The number of aromatic nitrogens is 2. The predicted molar refractivity (Wildman–Crippen MR) is 48.2 cm³/mol. The second-order valence-corrected chi connectivity index (χ2v) is 2.88. The van der Waals surface area contributed by atoms with Crippen molar-refractivity contribution in [1.82, 2.24) is 15.5 Å². The zero-order chi connectivity index (χ0) is 10.6. The van der Waals surface area contributed by atoms with Crippen LogP contribution in [0.5, 0.6) is 0 Å². The van der Waals surface area contributed by atoms with E-state index in [0.29, 0.717) is 0 Å². The lowest BCUT2D eigenvalue weighted by Gasteiger charge is -2.00. The summed E-state index contributed by atoms with van der Waals surface area (Å²) >= 11 is 5.58. The van der Waals surface area contributed by atoms with Gasteiger partial charge in [-0.15, -0.1) is 0 Å². The first kappa shape index (κ1) is 10.5. The zero-order valence-corrected chi connectivity index (χ0v) is 7.84. The summed E-state index contributed by atoms with van der Waals surface area (Å²) in [5.41, 5.74) is 0.206. The molecule has 0 aliphatic carbocycles. The Balaban J connectivity index is 2.44. The maximum absolute atomic E-state index is 11.3. The molecule has 1 aromatic heterocycles. The number of halogens is 1. The molecule has 0 bridgehead atoms. The van der Waals surface area contributed by atoms with E-state index >= 15 is 0 Å². The Labute approximate surface area is 84.3 Å². The fourth-order valence-corrected chi connectivity index (χ4v) is 0.990. The number of hydrogen-bond acceptors (Lipinski definition) is 3. The Bertz CT molecular complexity index is 350. The van der Waals surface area contributed by atoms with Gasteiger partial charge in [0.1, 0.15) is 5.15 Å². The van der Waals surface area contributed by atoms with Crippen LogP contribution >= 0.6 is 11.6 Å². The number of H-pyrrole nitrogens is 1. The Morgan fingerprint density at radius 2 is 2.36 bits per heavy atom. The lowest BCUT2D eigenvalue weighted by molar-refractivity contribution is -0.136. The molecule has 0 atom stereocenters. The van der Waals surface area contributed by atoms with Crippen molar-refractivity contribution in [3.63, 3.8) is 0 Å². The second kappa shape index (κ2) is 4.61. The van der Waals surface area contributed by atoms with Gasteiger partial charge in [0, 0.05) is 6.54 Å². The lowest BCUT2D eigenvalue weighted by atomic mass is 10.3. The van der Waals surface area contributed by atoms with E-state index in [2.05, 4.69) is 15.5 Å². The van der Waals surface area contributed by atoms with Crippen molar-refractivity contribution in [2.24, 2.45) is 0 Å². The number of carbonyl (C=O) groups is 2. The number of carboxylic acids is 1. The second-order valence-electron chi connectivity index (χ2n) is 2.50. The van der Waals surface area contributed by atoms with Gasteiger partial charge in [0.25, 0.3) is 5.91 Å². The van der Waals surface area contributed by atoms with Crippen molar-refractivity contribution in [2.45, 2.75) is 6.42 Å². The largest absolute Gasteiger partial charge is 0.481 e. The number of carboxylic acid groups (broad SMARTS) is 1. The number of rotatable bonds is 4. The summed E-state index contributed by atoms with van der Waals surface area (Å²) in [7, 11) is 0. The van der Waals surface area contributed by atoms with E-state index < -0.39 is 11.9 Å². The number of amides is 1. The quantitative estimate of drug-likeness (QED) is 0.675. The van der Waals surface area contributed by atoms with E-state index in [1.807, 2.05) is 0 Å². The molecule has 0 aliphatic heterocycles. The van der Waals surface area contributed by atoms with Gasteiger partial charge < -0.3 is 10.4 Å². The molecule has 1 rings (SSSR count). The van der Waals surface area contributed by atoms with Crippen LogP contribution in [0.25, 0.3) is 0 Å². The van der Waals surface area contributed by atoms with Crippen molar-refractivity contribution in [3.05, 3.63) is 16.9 Å². The summed E-state index contributed by atoms with van der Waals surface area (Å²) in [6, 6.07) is 0. The number of aliphatic carboxylic acids is 1. The molecule has 1 amide bonds. The van der Waals surface area contributed by atoms with Crippen LogP contribution in [0, 0.1) is 0 Å². The Kier molecular flexibility index (Phi) is 3.47. The molecule has 0 aromatic carbocycles. The molecule has 1 aromatic rings. The van der Waals surface area contributed by atoms with Gasteiger partial charge in [-0.05, 0) is 0 Å². The molecule has 0 spiro atoms. The molecule has 0 fully saturated rings. The first-order valence-electron chi connectivity index (χ1n) is 3.80. The van der Waals surface area contributed by atoms with Gasteiger partial charge in [0.05, 0.1) is 18.2 Å². The van der Waals surface area contributed by atoms with Crippen LogP contribution in [0.15, 0.2) is 6.20 Å². The lowest BCUT2D eigenvalue weighted by Crippen LogP contribution is -2.25. The fraction of sp³-hybridized carbons (Fsp3) is 0.286. The first-order chi connectivity index (χ1) is 6.61. The van der Waals surface area contributed by atoms with Crippen LogP contribution in [0.1, 0.15) is 16.8 Å². The molecule has 6 nitrogen and oxygen atoms in total. The van der Waals surface area contributed by atoms with Crippen LogP contribution in [0.3, 0.4) is 0 Å². The highest BCUT2D eigenvalue weighted by Crippen LogP contribution is 2.09. The summed E-state index contributed by atoms with van der Waals surface area (Å²) in [5.74, 6) is -1.41. The number of nitrogens with zero attached hydrogens (tertiary/aromatic N) is 1. The van der Waals surface area contributed by atoms with Gasteiger partial charge in [0.2, 0.25) is 0 Å². The minimum absolute atomic E-state index is 0.0652. The van der Waals surface area contributed by atoms with Gasteiger partial charge in [0.15, 0.2) is 0 Å². The monoisotopic (exact) mass is 217 g/mol. The van der Waals surface area contributed by atoms with Crippen molar-refractivity contribution < 1.29 is 14.7 Å². The minimum Gasteiger partial charge on any atom is -0.481 e. The first-order valence-corrected chi connectivity index (χ1v) is 4.18. The minimum atomic E-state index is -0.969. The molecular formula is C7H8ClN3O3. The van der Waals surface area contributed by atoms with Crippen LogP contribution in [-0.2, 0) is 4.79 Å². The smallest absolute Gasteiger partial charge is 0.305 e. The highest BCUT2D eigenvalue weighted by atomic mass is 35.5. The maximum atomic E-state index is 11.3. The molecule has 0 radical (unpaired) electrons. The molecule has 76 valence electrons. The third-order valence-electron chi connectivity index (χ3n) is 1.46. The third-order valence-corrected chi connectivity index (χ3v) is 1.75. The van der Waals surface area contributed by atoms with E-state index in [0.717, 1.165) is 0 Å². The molecule has 3 N–H and O–H groups in total. The van der Waals surface area contributed by atoms with Gasteiger partial charge in [-0.3, -0.25) is 14.7 Å². The molecular weight excluding hydrogens is 210 g/mol. The summed E-state index contributed by atoms with van der Waals surface area (Å²) in [4.78, 5) is 21.4. The van der Waals surface area contributed by atoms with E-state index in [1.54, 1.807) is 0 Å². The maximum Gasteiger partial charge on any atom is 0.305 e. The number of hydrogen-bond donors (Lipinski definition) is 3. The molecule has 7 heteroatoms. The summed E-state index contributed by atoms with van der Waals surface area (Å²) < 4.78 is 0. The SMILES string of the molecule is O=C(O)CCNC(=O)c1cn[nH]c1Cl. The van der Waals surface area contributed by atoms with Gasteiger partial charge in [-0.25, -0.2) is 0 Å². The number of carbonyl (C=O) groups excluding carboxylic acids is 1. The predicted octanol–water partition coefficient (Wildman–Crippen LogP) is 0.268. The van der Waals surface area contributed by atoms with Crippen molar-refractivity contribution >= 4 is 23.5 Å².